The number of allylic oxidation sites excluding steroid dienone is 7. The van der Waals surface area contributed by atoms with Gasteiger partial charge in [-0.1, -0.05) is 159 Å². The Morgan fingerprint density at radius 3 is 1.28 bits per heavy atom. The van der Waals surface area contributed by atoms with Crippen molar-refractivity contribution in [3.8, 4) is 0 Å². The molecule has 19 heteroatoms. The monoisotopic (exact) mass is 1120 g/mol. The summed E-state index contributed by atoms with van der Waals surface area (Å²) in [5.41, 5.74) is 0. The third-order valence-electron chi connectivity index (χ3n) is 14.8. The van der Waals surface area contributed by atoms with Crippen LogP contribution in [0, 0.1) is 0 Å². The number of nitrogens with one attached hydrogen (secondary N) is 1. The van der Waals surface area contributed by atoms with Crippen molar-refractivity contribution in [3.63, 3.8) is 0 Å². The molecule has 0 aliphatic carbocycles. The minimum Gasteiger partial charge on any atom is -0.394 e. The van der Waals surface area contributed by atoms with Crippen molar-refractivity contribution in [2.45, 2.75) is 291 Å². The molecule has 3 fully saturated rings. The Hall–Kier alpha value is -2.25. The van der Waals surface area contributed by atoms with Gasteiger partial charge in [0.1, 0.15) is 73.2 Å². The molecule has 3 aliphatic heterocycles. The van der Waals surface area contributed by atoms with Gasteiger partial charge in [0, 0.05) is 6.42 Å². The molecule has 17 atom stereocenters. The second-order valence-corrected chi connectivity index (χ2v) is 21.4. The molecule has 3 aliphatic rings. The van der Waals surface area contributed by atoms with Crippen LogP contribution in [0.3, 0.4) is 0 Å². The summed E-state index contributed by atoms with van der Waals surface area (Å²) in [7, 11) is 0. The summed E-state index contributed by atoms with van der Waals surface area (Å²) < 4.78 is 34.2. The second-order valence-electron chi connectivity index (χ2n) is 21.4. The molecule has 0 saturated carbocycles. The molecule has 1 amide bonds. The molecule has 17 unspecified atom stereocenters. The summed E-state index contributed by atoms with van der Waals surface area (Å²) in [5, 5.41) is 120. The van der Waals surface area contributed by atoms with Crippen LogP contribution < -0.4 is 5.32 Å². The largest absolute Gasteiger partial charge is 0.394 e. The highest BCUT2D eigenvalue weighted by atomic mass is 16.8. The fourth-order valence-electron chi connectivity index (χ4n) is 9.86. The number of unbranched alkanes of at least 4 members (excludes halogenated alkanes) is 21. The number of aliphatic hydroxyl groups excluding tert-OH is 11. The van der Waals surface area contributed by atoms with Gasteiger partial charge in [-0.25, -0.2) is 0 Å². The van der Waals surface area contributed by atoms with Crippen molar-refractivity contribution < 1.29 is 89.4 Å². The molecule has 0 spiro atoms. The minimum absolute atomic E-state index is 0.221. The molecule has 0 radical (unpaired) electrons. The topological polar surface area (TPSA) is 307 Å². The van der Waals surface area contributed by atoms with E-state index in [9.17, 15) is 61.0 Å². The zero-order chi connectivity index (χ0) is 56.9. The Balaban J connectivity index is 1.54. The summed E-state index contributed by atoms with van der Waals surface area (Å²) in [4.78, 5) is 13.3. The molecule has 3 rings (SSSR count). The molecule has 12 N–H and O–H groups in total. The van der Waals surface area contributed by atoms with E-state index in [-0.39, 0.29) is 18.9 Å². The first kappa shape index (κ1) is 70.0. The van der Waals surface area contributed by atoms with Gasteiger partial charge in [0.25, 0.3) is 0 Å². The van der Waals surface area contributed by atoms with E-state index in [2.05, 4.69) is 55.6 Å². The first-order valence-corrected chi connectivity index (χ1v) is 29.9. The smallest absolute Gasteiger partial charge is 0.220 e. The Morgan fingerprint density at radius 1 is 0.449 bits per heavy atom. The quantitative estimate of drug-likeness (QED) is 0.0279. The average molecular weight is 1120 g/mol. The lowest BCUT2D eigenvalue weighted by Gasteiger charge is -2.48. The van der Waals surface area contributed by atoms with Crippen LogP contribution in [-0.2, 0) is 33.2 Å². The summed E-state index contributed by atoms with van der Waals surface area (Å²) >= 11 is 0. The predicted octanol–water partition coefficient (Wildman–Crippen LogP) is 5.09. The molecule has 0 aromatic rings. The molecule has 19 nitrogen and oxygen atoms in total. The van der Waals surface area contributed by atoms with Crippen LogP contribution in [0.4, 0.5) is 0 Å². The van der Waals surface area contributed by atoms with Crippen molar-refractivity contribution in [3.05, 3.63) is 48.6 Å². The maximum Gasteiger partial charge on any atom is 0.220 e. The highest BCUT2D eigenvalue weighted by Gasteiger charge is 2.53. The standard InChI is InChI=1S/C59H105NO18/c1-3-5-7-9-11-13-15-17-19-20-21-23-24-26-28-30-32-34-36-43(64)42(60-47(65)37-35-33-31-29-27-25-22-18-16-14-12-10-8-6-4-2)41-73-57-53(71)50(68)55(45(39-62)75-57)78-59-54(72)51(69)56(46(40-63)76-59)77-58-52(70)49(67)48(66)44(38-61)74-58/h18,20-22,26,28,34,36,42-46,48-59,61-64,66-72H,3-17,19,23-25,27,29-33,35,37-41H2,1-2H3,(H,60,65)/b21-20+,22-18-,28-26+,36-34+. The molecule has 0 bridgehead atoms. The van der Waals surface area contributed by atoms with Crippen molar-refractivity contribution in [2.24, 2.45) is 0 Å². The molecular weight excluding hydrogens is 1010 g/mol. The number of carbonyl (C=O) groups is 1. The SMILES string of the molecule is CCCCCCCC/C=C\CCCCCCCC(=O)NC(COC1OC(CO)C(OC2OC(CO)C(OC3OC(CO)C(O)C(O)C3O)C(O)C2O)C(O)C1O)C(O)/C=C/CC/C=C/CC/C=C/CCCCCCCCCC. The average Bonchev–Trinajstić information content (AvgIpc) is 3.47. The summed E-state index contributed by atoms with van der Waals surface area (Å²) in [5.74, 6) is -0.300. The van der Waals surface area contributed by atoms with Crippen LogP contribution in [0.15, 0.2) is 48.6 Å². The Morgan fingerprint density at radius 2 is 0.821 bits per heavy atom. The minimum atomic E-state index is -1.98. The molecule has 3 saturated heterocycles. The van der Waals surface area contributed by atoms with Gasteiger partial charge in [-0.05, 0) is 70.6 Å². The molecule has 78 heavy (non-hydrogen) atoms. The number of ether oxygens (including phenoxy) is 6. The van der Waals surface area contributed by atoms with E-state index in [1.807, 2.05) is 6.08 Å². The Bertz CT molecular complexity index is 1620. The van der Waals surface area contributed by atoms with E-state index < -0.39 is 124 Å². The van der Waals surface area contributed by atoms with Gasteiger partial charge in [-0.3, -0.25) is 4.79 Å². The second kappa shape index (κ2) is 42.6. The maximum absolute atomic E-state index is 13.3. The normalized spacial score (nSPS) is 30.8. The van der Waals surface area contributed by atoms with Gasteiger partial charge >= 0.3 is 0 Å². The number of amides is 1. The van der Waals surface area contributed by atoms with Crippen LogP contribution >= 0.6 is 0 Å². The van der Waals surface area contributed by atoms with Crippen molar-refractivity contribution >= 4 is 5.91 Å². The van der Waals surface area contributed by atoms with E-state index in [4.69, 9.17) is 28.4 Å². The molecular formula is C59H105NO18. The third-order valence-corrected chi connectivity index (χ3v) is 14.8. The van der Waals surface area contributed by atoms with Gasteiger partial charge < -0.3 is 89.9 Å². The lowest BCUT2D eigenvalue weighted by Crippen LogP contribution is -2.66. The zero-order valence-electron chi connectivity index (χ0n) is 47.1. The van der Waals surface area contributed by atoms with E-state index >= 15 is 0 Å². The van der Waals surface area contributed by atoms with Gasteiger partial charge in [-0.2, -0.15) is 0 Å². The molecule has 454 valence electrons. The maximum atomic E-state index is 13.3. The summed E-state index contributed by atoms with van der Waals surface area (Å²) in [6.07, 6.45) is 19.5. The Kier molecular flexibility index (Phi) is 38.2. The predicted molar refractivity (Wildman–Crippen MR) is 295 cm³/mol. The third kappa shape index (κ3) is 26.3. The molecule has 3 heterocycles. The highest BCUT2D eigenvalue weighted by Crippen LogP contribution is 2.33. The lowest BCUT2D eigenvalue weighted by molar-refractivity contribution is -0.379. The van der Waals surface area contributed by atoms with E-state index in [0.717, 1.165) is 64.2 Å². The van der Waals surface area contributed by atoms with E-state index in [1.54, 1.807) is 6.08 Å². The van der Waals surface area contributed by atoms with Crippen molar-refractivity contribution in [1.29, 1.82) is 0 Å². The van der Waals surface area contributed by atoms with Crippen LogP contribution in [0.5, 0.6) is 0 Å². The van der Waals surface area contributed by atoms with Crippen LogP contribution in [0.25, 0.3) is 0 Å². The van der Waals surface area contributed by atoms with Crippen LogP contribution in [-0.4, -0.2) is 193 Å². The fourth-order valence-corrected chi connectivity index (χ4v) is 9.86. The first-order valence-electron chi connectivity index (χ1n) is 29.9. The fraction of sp³-hybridized carbons (Fsp3) is 0.847. The Labute approximate surface area is 465 Å². The lowest BCUT2D eigenvalue weighted by atomic mass is 9.96. The van der Waals surface area contributed by atoms with E-state index in [0.29, 0.717) is 12.8 Å². The number of aliphatic hydroxyl groups is 11. The highest BCUT2D eigenvalue weighted by molar-refractivity contribution is 5.76. The van der Waals surface area contributed by atoms with Gasteiger partial charge in [0.05, 0.1) is 38.6 Å². The van der Waals surface area contributed by atoms with Crippen LogP contribution in [0.2, 0.25) is 0 Å². The van der Waals surface area contributed by atoms with Gasteiger partial charge in [0.15, 0.2) is 18.9 Å². The number of rotatable bonds is 43. The number of hydrogen-bond acceptors (Lipinski definition) is 18. The number of hydrogen-bond donors (Lipinski definition) is 12. The summed E-state index contributed by atoms with van der Waals surface area (Å²) in [6.45, 7) is 1.66. The van der Waals surface area contributed by atoms with Crippen molar-refractivity contribution in [2.75, 3.05) is 26.4 Å². The molecule has 0 aromatic carbocycles. The van der Waals surface area contributed by atoms with Crippen LogP contribution in [0.1, 0.15) is 187 Å². The first-order chi connectivity index (χ1) is 37.8. The van der Waals surface area contributed by atoms with E-state index in [1.165, 1.54) is 89.9 Å². The van der Waals surface area contributed by atoms with Gasteiger partial charge in [0.2, 0.25) is 5.91 Å². The zero-order valence-corrected chi connectivity index (χ0v) is 47.1. The number of carbonyl (C=O) groups excluding carboxylic acids is 1. The van der Waals surface area contributed by atoms with Crippen molar-refractivity contribution in [1.82, 2.24) is 5.32 Å². The molecule has 0 aromatic heterocycles. The van der Waals surface area contributed by atoms with Gasteiger partial charge in [-0.15, -0.1) is 0 Å². The summed E-state index contributed by atoms with van der Waals surface area (Å²) in [6, 6.07) is -1.000.